The normalized spacial score (nSPS) is 16.1. The van der Waals surface area contributed by atoms with Crippen molar-refractivity contribution in [2.45, 2.75) is 26.8 Å². The van der Waals surface area contributed by atoms with Gasteiger partial charge in [-0.05, 0) is 36.6 Å². The molecule has 1 N–H and O–H groups in total. The Labute approximate surface area is 164 Å². The summed E-state index contributed by atoms with van der Waals surface area (Å²) in [5.74, 6) is -1.53. The average Bonchev–Trinajstić information content (AvgIpc) is 3.04. The fourth-order valence-corrected chi connectivity index (χ4v) is 3.20. The molecule has 0 saturated carbocycles. The topological polar surface area (TPSA) is 75.7 Å². The van der Waals surface area contributed by atoms with Gasteiger partial charge in [-0.3, -0.25) is 14.4 Å². The van der Waals surface area contributed by atoms with E-state index in [9.17, 15) is 14.4 Å². The number of carbonyl (C=O) groups excluding carboxylic acids is 3. The average molecular weight is 380 g/mol. The Morgan fingerprint density at radius 3 is 2.64 bits per heavy atom. The first-order chi connectivity index (χ1) is 13.4. The van der Waals surface area contributed by atoms with E-state index in [-0.39, 0.29) is 18.9 Å². The molecule has 1 saturated heterocycles. The molecular weight excluding hydrogens is 356 g/mol. The molecule has 6 heteroatoms. The number of anilines is 1. The predicted octanol–water partition coefficient (Wildman–Crippen LogP) is 2.83. The number of carbonyl (C=O) groups is 3. The van der Waals surface area contributed by atoms with Crippen molar-refractivity contribution < 1.29 is 19.1 Å². The summed E-state index contributed by atoms with van der Waals surface area (Å²) < 4.78 is 5.15. The van der Waals surface area contributed by atoms with E-state index in [0.29, 0.717) is 18.8 Å². The third kappa shape index (κ3) is 4.97. The van der Waals surface area contributed by atoms with Gasteiger partial charge in [-0.25, -0.2) is 0 Å². The molecule has 28 heavy (non-hydrogen) atoms. The van der Waals surface area contributed by atoms with Crippen molar-refractivity contribution in [1.82, 2.24) is 4.90 Å². The number of nitrogens with zero attached hydrogens (tertiary/aromatic N) is 1. The lowest BCUT2D eigenvalue weighted by Gasteiger charge is -2.16. The highest BCUT2D eigenvalue weighted by molar-refractivity contribution is 5.94. The molecule has 2 aromatic rings. The summed E-state index contributed by atoms with van der Waals surface area (Å²) in [6.45, 7) is 4.25. The second-order valence-corrected chi connectivity index (χ2v) is 7.14. The number of esters is 1. The van der Waals surface area contributed by atoms with Crippen molar-refractivity contribution in [1.29, 1.82) is 0 Å². The van der Waals surface area contributed by atoms with Crippen LogP contribution in [0.15, 0.2) is 48.5 Å². The number of likely N-dealkylation sites (tertiary alicyclic amines) is 1. The van der Waals surface area contributed by atoms with Crippen LogP contribution in [0.1, 0.15) is 23.1 Å². The third-order valence-corrected chi connectivity index (χ3v) is 4.78. The lowest BCUT2D eigenvalue weighted by Crippen LogP contribution is -2.28. The number of hydrogen-bond acceptors (Lipinski definition) is 4. The maximum atomic E-state index is 12.3. The van der Waals surface area contributed by atoms with Crippen molar-refractivity contribution in [3.05, 3.63) is 65.2 Å². The largest absolute Gasteiger partial charge is 0.455 e. The van der Waals surface area contributed by atoms with E-state index >= 15 is 0 Å². The fraction of sp³-hybridized carbons (Fsp3) is 0.318. The van der Waals surface area contributed by atoms with Crippen LogP contribution in [-0.4, -0.2) is 35.8 Å². The van der Waals surface area contributed by atoms with Gasteiger partial charge >= 0.3 is 5.97 Å². The second kappa shape index (κ2) is 8.69. The fourth-order valence-electron chi connectivity index (χ4n) is 3.20. The molecule has 146 valence electrons. The molecule has 0 aliphatic carbocycles. The van der Waals surface area contributed by atoms with Gasteiger partial charge in [-0.2, -0.15) is 0 Å². The Bertz CT molecular complexity index is 879. The summed E-state index contributed by atoms with van der Waals surface area (Å²) >= 11 is 0. The number of rotatable bonds is 6. The van der Waals surface area contributed by atoms with E-state index in [0.717, 1.165) is 16.7 Å². The second-order valence-electron chi connectivity index (χ2n) is 7.14. The van der Waals surface area contributed by atoms with E-state index in [4.69, 9.17) is 4.74 Å². The molecule has 0 radical (unpaired) electrons. The summed E-state index contributed by atoms with van der Waals surface area (Å²) in [4.78, 5) is 38.2. The monoisotopic (exact) mass is 380 g/mol. The Balaban J connectivity index is 1.49. The first-order valence-electron chi connectivity index (χ1n) is 9.28. The molecule has 0 spiro atoms. The van der Waals surface area contributed by atoms with Crippen LogP contribution < -0.4 is 5.32 Å². The highest BCUT2D eigenvalue weighted by Crippen LogP contribution is 2.21. The van der Waals surface area contributed by atoms with Crippen molar-refractivity contribution in [2.75, 3.05) is 18.5 Å². The van der Waals surface area contributed by atoms with Crippen molar-refractivity contribution in [3.8, 4) is 0 Å². The van der Waals surface area contributed by atoms with Crippen molar-refractivity contribution in [3.63, 3.8) is 0 Å². The quantitative estimate of drug-likeness (QED) is 0.782. The molecule has 2 amide bonds. The zero-order valence-corrected chi connectivity index (χ0v) is 16.1. The van der Waals surface area contributed by atoms with Crippen LogP contribution in [0.25, 0.3) is 0 Å². The summed E-state index contributed by atoms with van der Waals surface area (Å²) in [5, 5.41) is 2.75. The predicted molar refractivity (Wildman–Crippen MR) is 105 cm³/mol. The highest BCUT2D eigenvalue weighted by Gasteiger charge is 2.35. The standard InChI is InChI=1S/C22H24N2O4/c1-15-8-9-16(2)19(10-15)23-20(25)14-28-22(27)18-11-21(26)24(13-18)12-17-6-4-3-5-7-17/h3-10,18H,11-14H2,1-2H3,(H,23,25). The molecular formula is C22H24N2O4. The first kappa shape index (κ1) is 19.6. The van der Waals surface area contributed by atoms with E-state index in [1.165, 1.54) is 0 Å². The van der Waals surface area contributed by atoms with Gasteiger partial charge in [-0.15, -0.1) is 0 Å². The van der Waals surface area contributed by atoms with Gasteiger partial charge in [0.2, 0.25) is 5.91 Å². The molecule has 1 atom stereocenters. The lowest BCUT2D eigenvalue weighted by molar-refractivity contribution is -0.151. The van der Waals surface area contributed by atoms with Crippen LogP contribution in [0.5, 0.6) is 0 Å². The highest BCUT2D eigenvalue weighted by atomic mass is 16.5. The number of benzene rings is 2. The molecule has 1 unspecified atom stereocenters. The molecule has 1 heterocycles. The maximum absolute atomic E-state index is 12.3. The molecule has 2 aromatic carbocycles. The van der Waals surface area contributed by atoms with E-state index in [1.54, 1.807) is 4.90 Å². The van der Waals surface area contributed by atoms with Gasteiger partial charge in [-0.1, -0.05) is 42.5 Å². The first-order valence-corrected chi connectivity index (χ1v) is 9.28. The van der Waals surface area contributed by atoms with Gasteiger partial charge in [0.1, 0.15) is 0 Å². The van der Waals surface area contributed by atoms with Crippen LogP contribution in [-0.2, 0) is 25.7 Å². The number of hydrogen-bond donors (Lipinski definition) is 1. The van der Waals surface area contributed by atoms with E-state index in [1.807, 2.05) is 62.4 Å². The Morgan fingerprint density at radius 1 is 1.14 bits per heavy atom. The third-order valence-electron chi connectivity index (χ3n) is 4.78. The summed E-state index contributed by atoms with van der Waals surface area (Å²) in [6.07, 6.45) is 0.115. The minimum absolute atomic E-state index is 0.0781. The maximum Gasteiger partial charge on any atom is 0.311 e. The summed E-state index contributed by atoms with van der Waals surface area (Å²) in [6, 6.07) is 15.4. The molecule has 3 rings (SSSR count). The Kier molecular flexibility index (Phi) is 6.09. The van der Waals surface area contributed by atoms with Gasteiger partial charge < -0.3 is 15.0 Å². The summed E-state index contributed by atoms with van der Waals surface area (Å²) in [5.41, 5.74) is 3.67. The van der Waals surface area contributed by atoms with Crippen LogP contribution in [0.3, 0.4) is 0 Å². The summed E-state index contributed by atoms with van der Waals surface area (Å²) in [7, 11) is 0. The van der Waals surface area contributed by atoms with Gasteiger partial charge in [0, 0.05) is 25.2 Å². The molecule has 1 aliphatic heterocycles. The van der Waals surface area contributed by atoms with Crippen LogP contribution >= 0.6 is 0 Å². The molecule has 0 bridgehead atoms. The molecule has 1 fully saturated rings. The number of ether oxygens (including phenoxy) is 1. The minimum atomic E-state index is -0.537. The number of amides is 2. The van der Waals surface area contributed by atoms with Gasteiger partial charge in [0.15, 0.2) is 6.61 Å². The van der Waals surface area contributed by atoms with Crippen LogP contribution in [0, 0.1) is 19.8 Å². The molecule has 1 aliphatic rings. The molecule has 6 nitrogen and oxygen atoms in total. The Hall–Kier alpha value is -3.15. The molecule has 0 aromatic heterocycles. The minimum Gasteiger partial charge on any atom is -0.455 e. The zero-order chi connectivity index (χ0) is 20.1. The zero-order valence-electron chi connectivity index (χ0n) is 16.1. The SMILES string of the molecule is Cc1ccc(C)c(NC(=O)COC(=O)C2CC(=O)N(Cc3ccccc3)C2)c1. The number of nitrogens with one attached hydrogen (secondary N) is 1. The smallest absolute Gasteiger partial charge is 0.311 e. The van der Waals surface area contributed by atoms with E-state index < -0.39 is 17.8 Å². The Morgan fingerprint density at radius 2 is 1.89 bits per heavy atom. The number of aryl methyl sites for hydroxylation is 2. The van der Waals surface area contributed by atoms with Crippen LogP contribution in [0.4, 0.5) is 5.69 Å². The van der Waals surface area contributed by atoms with Gasteiger partial charge in [0.05, 0.1) is 5.92 Å². The van der Waals surface area contributed by atoms with Gasteiger partial charge in [0.25, 0.3) is 5.91 Å². The van der Waals surface area contributed by atoms with E-state index in [2.05, 4.69) is 5.32 Å². The van der Waals surface area contributed by atoms with Crippen molar-refractivity contribution >= 4 is 23.5 Å². The van der Waals surface area contributed by atoms with Crippen LogP contribution in [0.2, 0.25) is 0 Å². The van der Waals surface area contributed by atoms with Crippen molar-refractivity contribution in [2.24, 2.45) is 5.92 Å². The lowest BCUT2D eigenvalue weighted by atomic mass is 10.1.